The molecule has 2 nitrogen and oxygen atoms in total. The number of aryl methyl sites for hydroxylation is 1. The SMILES string of the molecule is CCN(Cc1cccs1)c1cc(C)ccc1N. The molecule has 0 aliphatic heterocycles. The van der Waals surface area contributed by atoms with Crippen LogP contribution in [0.2, 0.25) is 0 Å². The largest absolute Gasteiger partial charge is 0.397 e. The number of nitrogens with two attached hydrogens (primary N) is 1. The minimum Gasteiger partial charge on any atom is -0.397 e. The molecule has 0 saturated heterocycles. The predicted molar refractivity (Wildman–Crippen MR) is 76.6 cm³/mol. The first-order valence-corrected chi connectivity index (χ1v) is 6.72. The molecule has 0 fully saturated rings. The van der Waals surface area contributed by atoms with Crippen molar-refractivity contribution in [2.24, 2.45) is 0 Å². The molecule has 0 aliphatic carbocycles. The topological polar surface area (TPSA) is 29.3 Å². The van der Waals surface area contributed by atoms with Gasteiger partial charge >= 0.3 is 0 Å². The van der Waals surface area contributed by atoms with Crippen molar-refractivity contribution in [3.63, 3.8) is 0 Å². The van der Waals surface area contributed by atoms with Crippen LogP contribution < -0.4 is 10.6 Å². The van der Waals surface area contributed by atoms with E-state index in [2.05, 4.69) is 48.4 Å². The summed E-state index contributed by atoms with van der Waals surface area (Å²) >= 11 is 1.79. The summed E-state index contributed by atoms with van der Waals surface area (Å²) in [5.74, 6) is 0. The Hall–Kier alpha value is -1.48. The van der Waals surface area contributed by atoms with Crippen molar-refractivity contribution >= 4 is 22.7 Å². The second-order valence-electron chi connectivity index (χ2n) is 4.16. The third-order valence-electron chi connectivity index (χ3n) is 2.84. The van der Waals surface area contributed by atoms with Gasteiger partial charge in [0.15, 0.2) is 0 Å². The Morgan fingerprint density at radius 3 is 2.76 bits per heavy atom. The van der Waals surface area contributed by atoms with Gasteiger partial charge in [-0.3, -0.25) is 0 Å². The van der Waals surface area contributed by atoms with Gasteiger partial charge in [-0.2, -0.15) is 0 Å². The lowest BCUT2D eigenvalue weighted by Crippen LogP contribution is -2.22. The Morgan fingerprint density at radius 2 is 2.12 bits per heavy atom. The maximum atomic E-state index is 6.06. The molecule has 0 radical (unpaired) electrons. The third-order valence-corrected chi connectivity index (χ3v) is 3.70. The van der Waals surface area contributed by atoms with E-state index >= 15 is 0 Å². The van der Waals surface area contributed by atoms with Crippen molar-refractivity contribution < 1.29 is 0 Å². The van der Waals surface area contributed by atoms with Crippen LogP contribution in [-0.2, 0) is 6.54 Å². The summed E-state index contributed by atoms with van der Waals surface area (Å²) in [4.78, 5) is 3.68. The van der Waals surface area contributed by atoms with Crippen LogP contribution in [0.25, 0.3) is 0 Å². The van der Waals surface area contributed by atoms with Gasteiger partial charge in [0.25, 0.3) is 0 Å². The van der Waals surface area contributed by atoms with E-state index in [1.807, 2.05) is 6.07 Å². The molecule has 0 aliphatic rings. The maximum Gasteiger partial charge on any atom is 0.0605 e. The molecule has 1 aromatic carbocycles. The summed E-state index contributed by atoms with van der Waals surface area (Å²) in [6, 6.07) is 10.5. The molecule has 90 valence electrons. The van der Waals surface area contributed by atoms with E-state index in [0.717, 1.165) is 24.5 Å². The van der Waals surface area contributed by atoms with Crippen molar-refractivity contribution in [2.45, 2.75) is 20.4 Å². The highest BCUT2D eigenvalue weighted by Gasteiger charge is 2.09. The zero-order valence-electron chi connectivity index (χ0n) is 10.3. The lowest BCUT2D eigenvalue weighted by Gasteiger charge is -2.24. The first kappa shape index (κ1) is 12.0. The standard InChI is InChI=1S/C14H18N2S/c1-3-16(10-12-5-4-8-17-12)14-9-11(2)6-7-13(14)15/h4-9H,3,10,15H2,1-2H3. The lowest BCUT2D eigenvalue weighted by molar-refractivity contribution is 0.843. The maximum absolute atomic E-state index is 6.06. The Bertz CT molecular complexity index is 477. The number of hydrogen-bond acceptors (Lipinski definition) is 3. The summed E-state index contributed by atoms with van der Waals surface area (Å²) in [5, 5.41) is 2.11. The first-order chi connectivity index (χ1) is 8.20. The van der Waals surface area contributed by atoms with E-state index in [-0.39, 0.29) is 0 Å². The monoisotopic (exact) mass is 246 g/mol. The molecule has 0 spiro atoms. The molecule has 0 bridgehead atoms. The predicted octanol–water partition coefficient (Wildman–Crippen LogP) is 3.67. The quantitative estimate of drug-likeness (QED) is 0.834. The van der Waals surface area contributed by atoms with Gasteiger partial charge in [0.2, 0.25) is 0 Å². The third kappa shape index (κ3) is 2.80. The normalized spacial score (nSPS) is 10.5. The smallest absolute Gasteiger partial charge is 0.0605 e. The van der Waals surface area contributed by atoms with E-state index in [1.54, 1.807) is 11.3 Å². The molecule has 2 aromatic rings. The van der Waals surface area contributed by atoms with Crippen molar-refractivity contribution in [1.82, 2.24) is 0 Å². The molecular formula is C14H18N2S. The molecule has 1 heterocycles. The molecule has 1 aromatic heterocycles. The average Bonchev–Trinajstić information content (AvgIpc) is 2.82. The van der Waals surface area contributed by atoms with Gasteiger partial charge in [-0.1, -0.05) is 12.1 Å². The van der Waals surface area contributed by atoms with Crippen molar-refractivity contribution in [3.05, 3.63) is 46.2 Å². The number of nitrogens with zero attached hydrogens (tertiary/aromatic N) is 1. The van der Waals surface area contributed by atoms with E-state index in [4.69, 9.17) is 5.73 Å². The van der Waals surface area contributed by atoms with Crippen LogP contribution in [0.5, 0.6) is 0 Å². The van der Waals surface area contributed by atoms with Gasteiger partial charge in [0.05, 0.1) is 17.9 Å². The molecule has 3 heteroatoms. The highest BCUT2D eigenvalue weighted by atomic mass is 32.1. The van der Waals surface area contributed by atoms with Crippen LogP contribution >= 0.6 is 11.3 Å². The molecule has 2 N–H and O–H groups in total. The number of benzene rings is 1. The van der Waals surface area contributed by atoms with Crippen LogP contribution in [0.3, 0.4) is 0 Å². The van der Waals surface area contributed by atoms with Crippen LogP contribution in [0.4, 0.5) is 11.4 Å². The Labute approximate surface area is 107 Å². The zero-order valence-corrected chi connectivity index (χ0v) is 11.1. The molecule has 0 unspecified atom stereocenters. The number of nitrogen functional groups attached to an aromatic ring is 1. The zero-order chi connectivity index (χ0) is 12.3. The van der Waals surface area contributed by atoms with Gasteiger partial charge in [0.1, 0.15) is 0 Å². The molecule has 0 saturated carbocycles. The van der Waals surface area contributed by atoms with Crippen molar-refractivity contribution in [3.8, 4) is 0 Å². The van der Waals surface area contributed by atoms with Crippen molar-refractivity contribution in [1.29, 1.82) is 0 Å². The van der Waals surface area contributed by atoms with Gasteiger partial charge in [-0.25, -0.2) is 0 Å². The fraction of sp³-hybridized carbons (Fsp3) is 0.286. The minimum absolute atomic E-state index is 0.856. The number of hydrogen-bond donors (Lipinski definition) is 1. The van der Waals surface area contributed by atoms with Gasteiger partial charge in [-0.15, -0.1) is 11.3 Å². The Balaban J connectivity index is 2.25. The number of thiophene rings is 1. The molecule has 0 amide bonds. The van der Waals surface area contributed by atoms with Crippen LogP contribution in [0.15, 0.2) is 35.7 Å². The summed E-state index contributed by atoms with van der Waals surface area (Å²) in [5.41, 5.74) is 9.30. The van der Waals surface area contributed by atoms with Gasteiger partial charge in [-0.05, 0) is 43.0 Å². The van der Waals surface area contributed by atoms with E-state index in [9.17, 15) is 0 Å². The Morgan fingerprint density at radius 1 is 1.29 bits per heavy atom. The number of anilines is 2. The summed E-state index contributed by atoms with van der Waals surface area (Å²) in [6.07, 6.45) is 0. The Kier molecular flexibility index (Phi) is 3.69. The molecule has 17 heavy (non-hydrogen) atoms. The van der Waals surface area contributed by atoms with Gasteiger partial charge in [0, 0.05) is 11.4 Å². The second-order valence-corrected chi connectivity index (χ2v) is 5.19. The summed E-state index contributed by atoms with van der Waals surface area (Å²) < 4.78 is 0. The molecular weight excluding hydrogens is 228 g/mol. The fourth-order valence-corrected chi connectivity index (χ4v) is 2.60. The van der Waals surface area contributed by atoms with Crippen LogP contribution in [-0.4, -0.2) is 6.54 Å². The summed E-state index contributed by atoms with van der Waals surface area (Å²) in [7, 11) is 0. The first-order valence-electron chi connectivity index (χ1n) is 5.84. The van der Waals surface area contributed by atoms with Crippen LogP contribution in [0.1, 0.15) is 17.4 Å². The molecule has 0 atom stereocenters. The highest BCUT2D eigenvalue weighted by Crippen LogP contribution is 2.26. The highest BCUT2D eigenvalue weighted by molar-refractivity contribution is 7.09. The van der Waals surface area contributed by atoms with E-state index < -0.39 is 0 Å². The molecule has 2 rings (SSSR count). The van der Waals surface area contributed by atoms with Crippen molar-refractivity contribution in [2.75, 3.05) is 17.2 Å². The second kappa shape index (κ2) is 5.23. The van der Waals surface area contributed by atoms with Crippen LogP contribution in [0, 0.1) is 6.92 Å². The fourth-order valence-electron chi connectivity index (χ4n) is 1.89. The minimum atomic E-state index is 0.856. The number of rotatable bonds is 4. The lowest BCUT2D eigenvalue weighted by atomic mass is 10.1. The van der Waals surface area contributed by atoms with E-state index in [1.165, 1.54) is 10.4 Å². The van der Waals surface area contributed by atoms with E-state index in [0.29, 0.717) is 0 Å². The average molecular weight is 246 g/mol. The van der Waals surface area contributed by atoms with Gasteiger partial charge < -0.3 is 10.6 Å². The summed E-state index contributed by atoms with van der Waals surface area (Å²) in [6.45, 7) is 6.16.